The molecule has 6 nitrogen and oxygen atoms in total. The first-order valence-corrected chi connectivity index (χ1v) is 12.3. The molecule has 0 saturated carbocycles. The minimum Gasteiger partial charge on any atom is -0.492 e. The summed E-state index contributed by atoms with van der Waals surface area (Å²) in [7, 11) is 3.12. The zero-order valence-electron chi connectivity index (χ0n) is 21.3. The number of rotatable bonds is 8. The molecule has 3 aromatic carbocycles. The van der Waals surface area contributed by atoms with Crippen molar-refractivity contribution in [3.8, 4) is 28.4 Å². The van der Waals surface area contributed by atoms with Crippen molar-refractivity contribution in [2.45, 2.75) is 45.3 Å². The van der Waals surface area contributed by atoms with Gasteiger partial charge in [-0.25, -0.2) is 0 Å². The van der Waals surface area contributed by atoms with Gasteiger partial charge in [0.15, 0.2) is 0 Å². The molecule has 2 heterocycles. The summed E-state index contributed by atoms with van der Waals surface area (Å²) in [5.74, 6) is 2.28. The van der Waals surface area contributed by atoms with E-state index in [4.69, 9.17) is 23.7 Å². The van der Waals surface area contributed by atoms with E-state index >= 15 is 0 Å². The van der Waals surface area contributed by atoms with Gasteiger partial charge in [-0.2, -0.15) is 0 Å². The van der Waals surface area contributed by atoms with Crippen LogP contribution in [0.25, 0.3) is 11.1 Å². The fourth-order valence-electron chi connectivity index (χ4n) is 5.30. The van der Waals surface area contributed by atoms with Crippen LogP contribution in [0.5, 0.6) is 17.2 Å². The van der Waals surface area contributed by atoms with Crippen LogP contribution in [-0.4, -0.2) is 39.5 Å². The Morgan fingerprint density at radius 3 is 2.72 bits per heavy atom. The van der Waals surface area contributed by atoms with E-state index in [0.717, 1.165) is 34.8 Å². The minimum atomic E-state index is -0.229. The second-order valence-corrected chi connectivity index (χ2v) is 9.55. The summed E-state index contributed by atoms with van der Waals surface area (Å²) in [6, 6.07) is 16.5. The molecule has 5 rings (SSSR count). The van der Waals surface area contributed by atoms with Crippen LogP contribution in [0.15, 0.2) is 48.5 Å². The number of aryl methyl sites for hydroxylation is 1. The maximum atomic E-state index is 11.7. The second-order valence-electron chi connectivity index (χ2n) is 9.55. The van der Waals surface area contributed by atoms with Gasteiger partial charge in [-0.3, -0.25) is 4.79 Å². The molecule has 2 aliphatic heterocycles. The summed E-state index contributed by atoms with van der Waals surface area (Å²) in [6.07, 6.45) is 1.26. The Morgan fingerprint density at radius 2 is 1.92 bits per heavy atom. The zero-order chi connectivity index (χ0) is 25.2. The first-order chi connectivity index (χ1) is 17.5. The highest BCUT2D eigenvalue weighted by Crippen LogP contribution is 2.40. The first-order valence-electron chi connectivity index (χ1n) is 12.3. The van der Waals surface area contributed by atoms with E-state index in [-0.39, 0.29) is 18.0 Å². The molecule has 0 aromatic heterocycles. The number of carbonyl (C=O) groups excluding carboxylic acids is 1. The predicted octanol–water partition coefficient (Wildman–Crippen LogP) is 5.54. The third-order valence-corrected chi connectivity index (χ3v) is 7.07. The van der Waals surface area contributed by atoms with E-state index in [1.165, 1.54) is 34.9 Å². The lowest BCUT2D eigenvalue weighted by Crippen LogP contribution is -2.19. The highest BCUT2D eigenvalue weighted by atomic mass is 16.5. The van der Waals surface area contributed by atoms with Crippen molar-refractivity contribution in [2.24, 2.45) is 0 Å². The summed E-state index contributed by atoms with van der Waals surface area (Å²) in [4.78, 5) is 11.7. The predicted molar refractivity (Wildman–Crippen MR) is 137 cm³/mol. The molecule has 0 aliphatic carbocycles. The highest BCUT2D eigenvalue weighted by molar-refractivity contribution is 5.75. The molecular weight excluding hydrogens is 456 g/mol. The van der Waals surface area contributed by atoms with Gasteiger partial charge in [0.05, 0.1) is 26.7 Å². The molecule has 2 aliphatic rings. The summed E-state index contributed by atoms with van der Waals surface area (Å²) in [5.41, 5.74) is 8.26. The highest BCUT2D eigenvalue weighted by Gasteiger charge is 2.28. The zero-order valence-corrected chi connectivity index (χ0v) is 21.3. The number of methoxy groups -OCH3 is 2. The molecule has 3 aromatic rings. The van der Waals surface area contributed by atoms with Gasteiger partial charge in [-0.1, -0.05) is 24.3 Å². The van der Waals surface area contributed by atoms with Crippen LogP contribution in [0, 0.1) is 13.8 Å². The van der Waals surface area contributed by atoms with Crippen LogP contribution in [0.1, 0.15) is 40.2 Å². The van der Waals surface area contributed by atoms with Crippen LogP contribution in [0.3, 0.4) is 0 Å². The van der Waals surface area contributed by atoms with E-state index < -0.39 is 0 Å². The van der Waals surface area contributed by atoms with Gasteiger partial charge in [-0.05, 0) is 59.9 Å². The standard InChI is InChI=1S/C30H32O6/c1-18-10-28-26(13-24(36-28)17-32-3)19(2)30(18)21-7-5-6-20(11-21)15-34-23-8-9-25-22(12-29(31)33-4)16-35-27(25)14-23/h5-11,14,22,24H,12-13,15-17H2,1-4H3/t22-,24+/m1/s1. The van der Waals surface area contributed by atoms with Gasteiger partial charge in [0.1, 0.15) is 30.0 Å². The topological polar surface area (TPSA) is 63.2 Å². The molecule has 188 valence electrons. The SMILES string of the molecule is COC[C@@H]1Cc2c(cc(C)c(-c3cccc(COc4ccc5c(c4)OC[C@H]5CC(=O)OC)c3)c2C)O1. The molecule has 0 saturated heterocycles. The number of benzene rings is 3. The Kier molecular flexibility index (Phi) is 6.88. The number of hydrogen-bond acceptors (Lipinski definition) is 6. The van der Waals surface area contributed by atoms with Gasteiger partial charge in [0, 0.05) is 36.6 Å². The molecule has 0 N–H and O–H groups in total. The van der Waals surface area contributed by atoms with Crippen LogP contribution in [0.2, 0.25) is 0 Å². The molecule has 0 unspecified atom stereocenters. The van der Waals surface area contributed by atoms with Crippen molar-refractivity contribution in [3.05, 3.63) is 76.3 Å². The van der Waals surface area contributed by atoms with Gasteiger partial charge in [0.2, 0.25) is 0 Å². The Labute approximate surface area is 212 Å². The molecule has 36 heavy (non-hydrogen) atoms. The summed E-state index contributed by atoms with van der Waals surface area (Å²) < 4.78 is 28.1. The molecule has 0 fully saturated rings. The molecule has 0 radical (unpaired) electrons. The summed E-state index contributed by atoms with van der Waals surface area (Å²) in [6.45, 7) is 5.83. The number of esters is 1. The van der Waals surface area contributed by atoms with Crippen molar-refractivity contribution < 1.29 is 28.5 Å². The van der Waals surface area contributed by atoms with Crippen LogP contribution in [0.4, 0.5) is 0 Å². The van der Waals surface area contributed by atoms with Crippen LogP contribution in [-0.2, 0) is 27.3 Å². The van der Waals surface area contributed by atoms with Crippen LogP contribution < -0.4 is 14.2 Å². The van der Waals surface area contributed by atoms with Crippen LogP contribution >= 0.6 is 0 Å². The fraction of sp³-hybridized carbons (Fsp3) is 0.367. The monoisotopic (exact) mass is 488 g/mol. The Hall–Kier alpha value is -3.51. The van der Waals surface area contributed by atoms with Crippen molar-refractivity contribution in [1.29, 1.82) is 0 Å². The van der Waals surface area contributed by atoms with E-state index in [2.05, 4.69) is 44.2 Å². The normalized spacial score (nSPS) is 17.7. The van der Waals surface area contributed by atoms with Gasteiger partial charge < -0.3 is 23.7 Å². The molecule has 0 amide bonds. The number of carbonyl (C=O) groups is 1. The minimum absolute atomic E-state index is 0.0205. The average Bonchev–Trinajstić information content (AvgIpc) is 3.46. The largest absolute Gasteiger partial charge is 0.492 e. The molecule has 6 heteroatoms. The lowest BCUT2D eigenvalue weighted by molar-refractivity contribution is -0.141. The fourth-order valence-corrected chi connectivity index (χ4v) is 5.30. The average molecular weight is 489 g/mol. The first kappa shape index (κ1) is 24.2. The van der Waals surface area contributed by atoms with E-state index in [1.54, 1.807) is 7.11 Å². The van der Waals surface area contributed by atoms with Crippen molar-refractivity contribution in [2.75, 3.05) is 27.4 Å². The quantitative estimate of drug-likeness (QED) is 0.388. The lowest BCUT2D eigenvalue weighted by atomic mass is 9.90. The third kappa shape index (κ3) is 4.78. The molecular formula is C30H32O6. The number of ether oxygens (including phenoxy) is 5. The summed E-state index contributed by atoms with van der Waals surface area (Å²) >= 11 is 0. The maximum Gasteiger partial charge on any atom is 0.306 e. The van der Waals surface area contributed by atoms with Crippen molar-refractivity contribution in [1.82, 2.24) is 0 Å². The lowest BCUT2D eigenvalue weighted by Gasteiger charge is -2.15. The molecule has 0 spiro atoms. The van der Waals surface area contributed by atoms with Gasteiger partial charge in [0.25, 0.3) is 0 Å². The Morgan fingerprint density at radius 1 is 1.06 bits per heavy atom. The third-order valence-electron chi connectivity index (χ3n) is 7.07. The van der Waals surface area contributed by atoms with E-state index in [1.807, 2.05) is 18.2 Å². The Bertz CT molecular complexity index is 1280. The van der Waals surface area contributed by atoms with E-state index in [0.29, 0.717) is 26.2 Å². The smallest absolute Gasteiger partial charge is 0.306 e. The maximum absolute atomic E-state index is 11.7. The molecule has 0 bridgehead atoms. The molecule has 2 atom stereocenters. The van der Waals surface area contributed by atoms with Crippen molar-refractivity contribution >= 4 is 5.97 Å². The van der Waals surface area contributed by atoms with Gasteiger partial charge in [-0.15, -0.1) is 0 Å². The number of hydrogen-bond donors (Lipinski definition) is 0. The van der Waals surface area contributed by atoms with Crippen molar-refractivity contribution in [3.63, 3.8) is 0 Å². The number of fused-ring (bicyclic) bond motifs is 2. The summed E-state index contributed by atoms with van der Waals surface area (Å²) in [5, 5.41) is 0. The Balaban J connectivity index is 1.31. The van der Waals surface area contributed by atoms with Gasteiger partial charge >= 0.3 is 5.97 Å². The van der Waals surface area contributed by atoms with E-state index in [9.17, 15) is 4.79 Å². The second kappa shape index (κ2) is 10.2.